The van der Waals surface area contributed by atoms with Crippen molar-refractivity contribution in [1.82, 2.24) is 0 Å². The molecule has 0 unspecified atom stereocenters. The molecule has 5 heteroatoms. The molecule has 4 nitrogen and oxygen atoms in total. The van der Waals surface area contributed by atoms with Crippen LogP contribution in [0, 0.1) is 5.41 Å². The van der Waals surface area contributed by atoms with E-state index in [0.29, 0.717) is 19.3 Å². The van der Waals surface area contributed by atoms with Gasteiger partial charge in [-0.2, -0.15) is 0 Å². The van der Waals surface area contributed by atoms with Crippen LogP contribution in [-0.4, -0.2) is 27.1 Å². The second kappa shape index (κ2) is 3.75. The Hall–Kier alpha value is -1.11. The van der Waals surface area contributed by atoms with Gasteiger partial charge in [0.05, 0.1) is 5.41 Å². The van der Waals surface area contributed by atoms with Crippen molar-refractivity contribution in [3.05, 3.63) is 35.4 Å². The van der Waals surface area contributed by atoms with Crippen LogP contribution >= 0.6 is 22.6 Å². The first-order chi connectivity index (χ1) is 9.51. The molecule has 1 spiro atoms. The summed E-state index contributed by atoms with van der Waals surface area (Å²) in [5, 5.41) is 9.99. The molecule has 2 bridgehead atoms. The molecule has 0 amide bonds. The summed E-state index contributed by atoms with van der Waals surface area (Å²) in [6.45, 7) is 0. The highest BCUT2D eigenvalue weighted by atomic mass is 127. The van der Waals surface area contributed by atoms with E-state index < -0.39 is 16.8 Å². The van der Waals surface area contributed by atoms with Gasteiger partial charge >= 0.3 is 11.9 Å². The molecule has 1 saturated heterocycles. The first-order valence-corrected chi connectivity index (χ1v) is 7.93. The van der Waals surface area contributed by atoms with Gasteiger partial charge < -0.3 is 9.84 Å². The number of hydrogen-bond acceptors (Lipinski definition) is 3. The highest BCUT2D eigenvalue weighted by Crippen LogP contribution is 2.64. The summed E-state index contributed by atoms with van der Waals surface area (Å²) in [5.41, 5.74) is -0.210. The number of esters is 1. The summed E-state index contributed by atoms with van der Waals surface area (Å²) < 4.78 is 5.55. The molecule has 1 aromatic rings. The molecule has 0 radical (unpaired) electrons. The molecule has 4 rings (SSSR count). The fraction of sp³-hybridized carbons (Fsp3) is 0.467. The molecule has 1 saturated carbocycles. The molecule has 2 fully saturated rings. The number of halogens is 1. The van der Waals surface area contributed by atoms with Crippen molar-refractivity contribution in [2.45, 2.75) is 34.7 Å². The number of ether oxygens (including phenoxy) is 1. The maximum absolute atomic E-state index is 12.5. The van der Waals surface area contributed by atoms with Crippen LogP contribution in [-0.2, 0) is 26.2 Å². The zero-order valence-electron chi connectivity index (χ0n) is 10.6. The van der Waals surface area contributed by atoms with Crippen LogP contribution in [0.4, 0.5) is 0 Å². The zero-order valence-corrected chi connectivity index (χ0v) is 12.8. The molecule has 4 atom stereocenters. The Morgan fingerprint density at radius 2 is 2.10 bits per heavy atom. The van der Waals surface area contributed by atoms with Crippen molar-refractivity contribution in [2.24, 2.45) is 5.41 Å². The van der Waals surface area contributed by atoms with E-state index in [2.05, 4.69) is 22.6 Å². The number of rotatable bonds is 1. The third-order valence-corrected chi connectivity index (χ3v) is 6.50. The average molecular weight is 384 g/mol. The van der Waals surface area contributed by atoms with Gasteiger partial charge in [-0.1, -0.05) is 46.9 Å². The summed E-state index contributed by atoms with van der Waals surface area (Å²) in [6.07, 6.45) is 1.36. The van der Waals surface area contributed by atoms with Gasteiger partial charge in [0.15, 0.2) is 0 Å². The lowest BCUT2D eigenvalue weighted by Crippen LogP contribution is -2.55. The van der Waals surface area contributed by atoms with Gasteiger partial charge in [0.2, 0.25) is 0 Å². The van der Waals surface area contributed by atoms with Gasteiger partial charge in [-0.05, 0) is 24.0 Å². The van der Waals surface area contributed by atoms with Crippen LogP contribution < -0.4 is 0 Å². The number of carboxylic acid groups (broad SMARTS) is 1. The molecule has 3 aliphatic rings. The summed E-state index contributed by atoms with van der Waals surface area (Å²) in [5.74, 6) is -1.21. The molecule has 104 valence electrons. The second-order valence-corrected chi connectivity index (χ2v) is 7.59. The molecule has 1 aliphatic heterocycles. The largest absolute Gasteiger partial charge is 0.481 e. The first kappa shape index (κ1) is 12.6. The van der Waals surface area contributed by atoms with E-state index in [-0.39, 0.29) is 16.0 Å². The summed E-state index contributed by atoms with van der Waals surface area (Å²) in [7, 11) is 0. The van der Waals surface area contributed by atoms with E-state index in [1.165, 1.54) is 0 Å². The van der Waals surface area contributed by atoms with Crippen LogP contribution in [0.25, 0.3) is 0 Å². The normalized spacial score (nSPS) is 41.0. The summed E-state index contributed by atoms with van der Waals surface area (Å²) >= 11 is 2.23. The summed E-state index contributed by atoms with van der Waals surface area (Å²) in [4.78, 5) is 24.7. The predicted molar refractivity (Wildman–Crippen MR) is 78.8 cm³/mol. The van der Waals surface area contributed by atoms with Crippen molar-refractivity contribution in [3.8, 4) is 0 Å². The minimum Gasteiger partial charge on any atom is -0.481 e. The number of aliphatic carboxylic acids is 1. The number of carbonyl (C=O) groups is 2. The molecular formula is C15H13IO4. The van der Waals surface area contributed by atoms with Crippen molar-refractivity contribution in [3.63, 3.8) is 0 Å². The van der Waals surface area contributed by atoms with Crippen LogP contribution in [0.15, 0.2) is 24.3 Å². The monoisotopic (exact) mass is 384 g/mol. The average Bonchev–Trinajstić information content (AvgIpc) is 2.87. The Bertz CT molecular complexity index is 643. The minimum atomic E-state index is -1.11. The van der Waals surface area contributed by atoms with E-state index in [4.69, 9.17) is 4.74 Å². The minimum absolute atomic E-state index is 0.0504. The van der Waals surface area contributed by atoms with E-state index in [1.54, 1.807) is 0 Å². The van der Waals surface area contributed by atoms with E-state index in [0.717, 1.165) is 11.1 Å². The Balaban J connectivity index is 2.04. The third kappa shape index (κ3) is 1.19. The van der Waals surface area contributed by atoms with Crippen LogP contribution in [0.1, 0.15) is 24.0 Å². The Labute approximate surface area is 129 Å². The molecular weight excluding hydrogens is 371 g/mol. The zero-order chi connectivity index (χ0) is 14.1. The maximum atomic E-state index is 12.5. The predicted octanol–water partition coefficient (Wildman–Crippen LogP) is 2.07. The fourth-order valence-electron chi connectivity index (χ4n) is 4.37. The van der Waals surface area contributed by atoms with Crippen LogP contribution in [0.3, 0.4) is 0 Å². The SMILES string of the molecule is O=C1O[C@@H]2C[C@]13Cc1ccccc1[C@]3(C(=O)O)C[C@@H]2I. The van der Waals surface area contributed by atoms with Gasteiger partial charge in [0.1, 0.15) is 11.5 Å². The topological polar surface area (TPSA) is 63.6 Å². The van der Waals surface area contributed by atoms with Crippen LogP contribution in [0.2, 0.25) is 0 Å². The van der Waals surface area contributed by atoms with E-state index in [9.17, 15) is 14.7 Å². The molecule has 20 heavy (non-hydrogen) atoms. The summed E-state index contributed by atoms with van der Waals surface area (Å²) in [6, 6.07) is 7.57. The van der Waals surface area contributed by atoms with Crippen molar-refractivity contribution in [2.75, 3.05) is 0 Å². The lowest BCUT2D eigenvalue weighted by atomic mass is 9.57. The second-order valence-electron chi connectivity index (χ2n) is 5.99. The maximum Gasteiger partial charge on any atom is 0.315 e. The number of fused-ring (bicyclic) bond motifs is 3. The van der Waals surface area contributed by atoms with Crippen molar-refractivity contribution in [1.29, 1.82) is 0 Å². The fourth-order valence-corrected chi connectivity index (χ4v) is 5.44. The highest BCUT2D eigenvalue weighted by Gasteiger charge is 2.73. The van der Waals surface area contributed by atoms with Gasteiger partial charge in [-0.3, -0.25) is 9.59 Å². The number of hydrogen-bond donors (Lipinski definition) is 1. The van der Waals surface area contributed by atoms with E-state index in [1.807, 2.05) is 24.3 Å². The third-order valence-electron chi connectivity index (χ3n) is 5.25. The molecule has 0 aromatic heterocycles. The van der Waals surface area contributed by atoms with Gasteiger partial charge in [0.25, 0.3) is 0 Å². The lowest BCUT2D eigenvalue weighted by molar-refractivity contribution is -0.159. The molecule has 1 N–H and O–H groups in total. The number of carboxylic acids is 1. The molecule has 1 aromatic carbocycles. The Kier molecular flexibility index (Phi) is 2.37. The molecule has 1 heterocycles. The van der Waals surface area contributed by atoms with Gasteiger partial charge in [-0.25, -0.2) is 0 Å². The lowest BCUT2D eigenvalue weighted by Gasteiger charge is -2.42. The molecule has 2 aliphatic carbocycles. The number of carbonyl (C=O) groups excluding carboxylic acids is 1. The quantitative estimate of drug-likeness (QED) is 0.458. The van der Waals surface area contributed by atoms with Crippen molar-refractivity contribution >= 4 is 34.5 Å². The number of benzene rings is 1. The first-order valence-electron chi connectivity index (χ1n) is 6.68. The Morgan fingerprint density at radius 1 is 1.35 bits per heavy atom. The highest BCUT2D eigenvalue weighted by molar-refractivity contribution is 14.1. The Morgan fingerprint density at radius 3 is 2.85 bits per heavy atom. The van der Waals surface area contributed by atoms with E-state index >= 15 is 0 Å². The standard InChI is InChI=1S/C15H13IO4/c16-10-6-15(12(17)18)9-4-2-1-3-8(9)5-14(15)7-11(10)20-13(14)19/h1-4,10-11H,5-7H2,(H,17,18)/t10-,11+,14+,15-/m0/s1. The van der Waals surface area contributed by atoms with Crippen molar-refractivity contribution < 1.29 is 19.4 Å². The number of alkyl halides is 1. The van der Waals surface area contributed by atoms with Gasteiger partial charge in [-0.15, -0.1) is 0 Å². The smallest absolute Gasteiger partial charge is 0.315 e. The van der Waals surface area contributed by atoms with Gasteiger partial charge in [0, 0.05) is 10.3 Å². The van der Waals surface area contributed by atoms with Crippen LogP contribution in [0.5, 0.6) is 0 Å².